The van der Waals surface area contributed by atoms with Crippen molar-refractivity contribution in [3.63, 3.8) is 0 Å². The molecule has 0 bridgehead atoms. The number of carbonyl (C=O) groups is 2. The number of anilines is 1. The topological polar surface area (TPSA) is 105 Å². The van der Waals surface area contributed by atoms with Crippen molar-refractivity contribution in [2.75, 3.05) is 31.3 Å². The minimum absolute atomic E-state index is 0.114. The highest BCUT2D eigenvalue weighted by Crippen LogP contribution is 2.34. The number of rotatable bonds is 14. The summed E-state index contributed by atoms with van der Waals surface area (Å²) in [6, 6.07) is 18.4. The van der Waals surface area contributed by atoms with Crippen LogP contribution in [0.25, 0.3) is 0 Å². The van der Waals surface area contributed by atoms with Crippen LogP contribution in [0.15, 0.2) is 72.8 Å². The molecule has 0 aliphatic heterocycles. The Morgan fingerprint density at radius 1 is 0.976 bits per heavy atom. The van der Waals surface area contributed by atoms with Crippen molar-refractivity contribution >= 4 is 27.5 Å². The Kier molecular flexibility index (Phi) is 11.3. The lowest BCUT2D eigenvalue weighted by molar-refractivity contribution is -0.140. The number of halogens is 1. The van der Waals surface area contributed by atoms with Gasteiger partial charge in [-0.1, -0.05) is 55.5 Å². The summed E-state index contributed by atoms with van der Waals surface area (Å²) >= 11 is 0. The fourth-order valence-corrected chi connectivity index (χ4v) is 5.24. The number of nitrogens with one attached hydrogen (secondary N) is 1. The van der Waals surface area contributed by atoms with Gasteiger partial charge in [0.1, 0.15) is 29.9 Å². The van der Waals surface area contributed by atoms with Gasteiger partial charge in [-0.15, -0.1) is 0 Å². The molecule has 3 rings (SSSR count). The third-order valence-electron chi connectivity index (χ3n) is 6.91. The maximum absolute atomic E-state index is 14.9. The molecule has 9 nitrogen and oxygen atoms in total. The zero-order valence-corrected chi connectivity index (χ0v) is 25.4. The van der Waals surface area contributed by atoms with E-state index in [0.717, 1.165) is 16.1 Å². The predicted molar refractivity (Wildman–Crippen MR) is 161 cm³/mol. The molecule has 0 heterocycles. The molecule has 11 heteroatoms. The Morgan fingerprint density at radius 2 is 1.64 bits per heavy atom. The average molecular weight is 600 g/mol. The van der Waals surface area contributed by atoms with Gasteiger partial charge >= 0.3 is 0 Å². The van der Waals surface area contributed by atoms with Crippen LogP contribution in [0.4, 0.5) is 10.1 Å². The first-order valence-electron chi connectivity index (χ1n) is 13.5. The second kappa shape index (κ2) is 14.7. The molecule has 0 aliphatic carbocycles. The summed E-state index contributed by atoms with van der Waals surface area (Å²) < 4.78 is 52.5. The number of hydrogen-bond acceptors (Lipinski definition) is 6. The van der Waals surface area contributed by atoms with Gasteiger partial charge in [-0.3, -0.25) is 13.9 Å². The molecule has 0 unspecified atom stereocenters. The van der Waals surface area contributed by atoms with Gasteiger partial charge in [-0.25, -0.2) is 12.8 Å². The molecule has 0 saturated carbocycles. The summed E-state index contributed by atoms with van der Waals surface area (Å²) in [4.78, 5) is 29.1. The molecule has 0 aromatic heterocycles. The van der Waals surface area contributed by atoms with Crippen molar-refractivity contribution < 1.29 is 31.9 Å². The zero-order chi connectivity index (χ0) is 30.9. The van der Waals surface area contributed by atoms with E-state index in [2.05, 4.69) is 5.32 Å². The molecule has 2 amide bonds. The Hall–Kier alpha value is -4.12. The molecule has 1 N–H and O–H groups in total. The van der Waals surface area contributed by atoms with Crippen molar-refractivity contribution in [1.82, 2.24) is 10.2 Å². The van der Waals surface area contributed by atoms with Crippen LogP contribution in [0.1, 0.15) is 31.4 Å². The quantitative estimate of drug-likeness (QED) is 0.298. The summed E-state index contributed by atoms with van der Waals surface area (Å²) in [5.74, 6) is -1.06. The lowest BCUT2D eigenvalue weighted by Gasteiger charge is -2.34. The van der Waals surface area contributed by atoms with Gasteiger partial charge in [0.15, 0.2) is 0 Å². The Balaban J connectivity index is 2.11. The molecule has 226 valence electrons. The van der Waals surface area contributed by atoms with Crippen molar-refractivity contribution in [2.45, 2.75) is 45.3 Å². The fourth-order valence-electron chi connectivity index (χ4n) is 4.39. The average Bonchev–Trinajstić information content (AvgIpc) is 2.97. The van der Waals surface area contributed by atoms with Crippen LogP contribution in [-0.4, -0.2) is 64.2 Å². The summed E-state index contributed by atoms with van der Waals surface area (Å²) in [7, 11) is -1.18. The molecule has 0 spiro atoms. The smallest absolute Gasteiger partial charge is 0.244 e. The van der Waals surface area contributed by atoms with E-state index >= 15 is 0 Å². The van der Waals surface area contributed by atoms with Crippen LogP contribution < -0.4 is 19.1 Å². The van der Waals surface area contributed by atoms with Gasteiger partial charge in [0.2, 0.25) is 21.8 Å². The fraction of sp³-hybridized carbons (Fsp3) is 0.355. The largest absolute Gasteiger partial charge is 0.497 e. The Morgan fingerprint density at radius 3 is 2.24 bits per heavy atom. The summed E-state index contributed by atoms with van der Waals surface area (Å²) in [6.07, 6.45) is 1.76. The van der Waals surface area contributed by atoms with E-state index in [1.807, 2.05) is 44.2 Å². The Labute approximate surface area is 247 Å². The maximum atomic E-state index is 14.9. The van der Waals surface area contributed by atoms with E-state index in [1.165, 1.54) is 49.5 Å². The minimum Gasteiger partial charge on any atom is -0.497 e. The zero-order valence-electron chi connectivity index (χ0n) is 24.5. The van der Waals surface area contributed by atoms with Gasteiger partial charge in [-0.05, 0) is 37.1 Å². The molecule has 2 atom stereocenters. The van der Waals surface area contributed by atoms with Crippen molar-refractivity contribution in [1.29, 1.82) is 0 Å². The van der Waals surface area contributed by atoms with E-state index in [9.17, 15) is 22.4 Å². The van der Waals surface area contributed by atoms with Gasteiger partial charge in [0.05, 0.1) is 26.2 Å². The second-order valence-corrected chi connectivity index (χ2v) is 11.9. The van der Waals surface area contributed by atoms with Crippen LogP contribution in [0.2, 0.25) is 0 Å². The van der Waals surface area contributed by atoms with Gasteiger partial charge < -0.3 is 19.7 Å². The van der Waals surface area contributed by atoms with Crippen LogP contribution in [-0.2, 0) is 32.6 Å². The Bertz CT molecular complexity index is 1470. The number of methoxy groups -OCH3 is 2. The summed E-state index contributed by atoms with van der Waals surface area (Å²) in [5.41, 5.74) is 1.08. The molecular formula is C31H38FN3O6S. The van der Waals surface area contributed by atoms with Crippen LogP contribution in [0, 0.1) is 5.82 Å². The van der Waals surface area contributed by atoms with E-state index in [0.29, 0.717) is 12.2 Å². The van der Waals surface area contributed by atoms with Crippen molar-refractivity contribution in [3.05, 3.63) is 89.7 Å². The third kappa shape index (κ3) is 8.45. The highest BCUT2D eigenvalue weighted by molar-refractivity contribution is 7.92. The third-order valence-corrected chi connectivity index (χ3v) is 8.03. The number of amides is 2. The summed E-state index contributed by atoms with van der Waals surface area (Å²) in [6.45, 7) is 2.86. The first kappa shape index (κ1) is 32.4. The number of benzene rings is 3. The standard InChI is InChI=1S/C31H38FN3O6S/c1-6-22(2)33-31(37)28(18-23-12-8-7-9-13-23)34(20-24-14-10-11-15-26(24)32)30(36)21-35(42(5,38)39)27-17-16-25(40-3)19-29(27)41-4/h7-17,19,22,28H,6,18,20-21H2,1-5H3,(H,33,37)/t22-,28+/m0/s1. The molecule has 42 heavy (non-hydrogen) atoms. The number of carbonyl (C=O) groups excluding carboxylic acids is 2. The van der Waals surface area contributed by atoms with Crippen LogP contribution >= 0.6 is 0 Å². The lowest BCUT2D eigenvalue weighted by Crippen LogP contribution is -2.54. The van der Waals surface area contributed by atoms with Crippen LogP contribution in [0.5, 0.6) is 11.5 Å². The monoisotopic (exact) mass is 599 g/mol. The van der Waals surface area contributed by atoms with E-state index in [-0.39, 0.29) is 36.0 Å². The van der Waals surface area contributed by atoms with Gasteiger partial charge in [-0.2, -0.15) is 0 Å². The molecule has 0 aliphatic rings. The SMILES string of the molecule is CC[C@H](C)NC(=O)[C@@H](Cc1ccccc1)N(Cc1ccccc1F)C(=O)CN(c1ccc(OC)cc1OC)S(C)(=O)=O. The minimum atomic E-state index is -4.02. The van der Waals surface area contributed by atoms with Gasteiger partial charge in [0.25, 0.3) is 0 Å². The predicted octanol–water partition coefficient (Wildman–Crippen LogP) is 4.16. The molecule has 3 aromatic rings. The highest BCUT2D eigenvalue weighted by atomic mass is 32.2. The normalized spacial score (nSPS) is 12.6. The van der Waals surface area contributed by atoms with Crippen molar-refractivity contribution in [3.8, 4) is 11.5 Å². The number of hydrogen-bond donors (Lipinski definition) is 1. The molecule has 0 radical (unpaired) electrons. The second-order valence-electron chi connectivity index (χ2n) is 9.94. The highest BCUT2D eigenvalue weighted by Gasteiger charge is 2.34. The molecule has 0 saturated heterocycles. The molecule has 3 aromatic carbocycles. The van der Waals surface area contributed by atoms with E-state index in [1.54, 1.807) is 12.1 Å². The van der Waals surface area contributed by atoms with E-state index < -0.39 is 40.2 Å². The van der Waals surface area contributed by atoms with Gasteiger partial charge in [0, 0.05) is 30.6 Å². The molecular weight excluding hydrogens is 561 g/mol. The van der Waals surface area contributed by atoms with E-state index in [4.69, 9.17) is 9.47 Å². The number of nitrogens with zero attached hydrogens (tertiary/aromatic N) is 2. The van der Waals surface area contributed by atoms with Crippen molar-refractivity contribution in [2.24, 2.45) is 0 Å². The maximum Gasteiger partial charge on any atom is 0.244 e. The first-order valence-corrected chi connectivity index (χ1v) is 15.4. The van der Waals surface area contributed by atoms with Crippen LogP contribution in [0.3, 0.4) is 0 Å². The number of ether oxygens (including phenoxy) is 2. The lowest BCUT2D eigenvalue weighted by atomic mass is 10.0. The first-order chi connectivity index (χ1) is 20.0. The number of sulfonamides is 1. The summed E-state index contributed by atoms with van der Waals surface area (Å²) in [5, 5.41) is 2.94. The molecule has 0 fully saturated rings.